The second-order valence-electron chi connectivity index (χ2n) is 6.53. The van der Waals surface area contributed by atoms with Gasteiger partial charge >= 0.3 is 0 Å². The summed E-state index contributed by atoms with van der Waals surface area (Å²) in [4.78, 5) is 0. The summed E-state index contributed by atoms with van der Waals surface area (Å²) in [5.41, 5.74) is 4.90. The molecule has 1 aromatic carbocycles. The topological polar surface area (TPSA) is 0 Å². The quantitative estimate of drug-likeness (QED) is 0.653. The highest BCUT2D eigenvalue weighted by atomic mass is 14.3. The Labute approximate surface area is 100 Å². The molecule has 0 aromatic heterocycles. The summed E-state index contributed by atoms with van der Waals surface area (Å²) < 4.78 is 0. The van der Waals surface area contributed by atoms with Crippen LogP contribution >= 0.6 is 0 Å². The van der Waals surface area contributed by atoms with E-state index in [-0.39, 0.29) is 5.41 Å². The van der Waals surface area contributed by atoms with Crippen LogP contribution in [0.1, 0.15) is 76.0 Å². The molecule has 2 rings (SSSR count). The van der Waals surface area contributed by atoms with Crippen LogP contribution in [0.2, 0.25) is 0 Å². The molecule has 88 valence electrons. The Balaban J connectivity index is 2.44. The first-order valence-electron chi connectivity index (χ1n) is 6.54. The van der Waals surface area contributed by atoms with Crippen molar-refractivity contribution in [3.8, 4) is 0 Å². The normalized spacial score (nSPS) is 16.9. The molecule has 0 aliphatic heterocycles. The van der Waals surface area contributed by atoms with Crippen molar-refractivity contribution in [3.05, 3.63) is 34.9 Å². The molecule has 0 nitrogen and oxygen atoms in total. The Morgan fingerprint density at radius 3 is 2.19 bits per heavy atom. The highest BCUT2D eigenvalue weighted by molar-refractivity contribution is 5.40. The largest absolute Gasteiger partial charge is 0.0587 e. The molecule has 0 radical (unpaired) electrons. The summed E-state index contributed by atoms with van der Waals surface area (Å²) in [6.07, 6.45) is 2.79. The van der Waals surface area contributed by atoms with Crippen molar-refractivity contribution in [2.24, 2.45) is 0 Å². The summed E-state index contributed by atoms with van der Waals surface area (Å²) >= 11 is 0. The van der Waals surface area contributed by atoms with Gasteiger partial charge in [-0.25, -0.2) is 0 Å². The van der Waals surface area contributed by atoms with E-state index in [4.69, 9.17) is 0 Å². The molecular formula is C16H24. The first-order valence-corrected chi connectivity index (χ1v) is 6.54. The lowest BCUT2D eigenvalue weighted by molar-refractivity contribution is 0.576. The van der Waals surface area contributed by atoms with Crippen molar-refractivity contribution >= 4 is 0 Å². The van der Waals surface area contributed by atoms with Gasteiger partial charge in [0, 0.05) is 0 Å². The second-order valence-corrected chi connectivity index (χ2v) is 6.53. The third-order valence-corrected chi connectivity index (χ3v) is 3.55. The molecule has 0 spiro atoms. The molecule has 1 fully saturated rings. The van der Waals surface area contributed by atoms with Gasteiger partial charge in [-0.05, 0) is 46.8 Å². The fraction of sp³-hybridized carbons (Fsp3) is 0.625. The van der Waals surface area contributed by atoms with Gasteiger partial charge in [0.05, 0.1) is 0 Å². The van der Waals surface area contributed by atoms with Crippen LogP contribution in [0.5, 0.6) is 0 Å². The Morgan fingerprint density at radius 1 is 1.12 bits per heavy atom. The summed E-state index contributed by atoms with van der Waals surface area (Å²) in [6, 6.07) is 7.18. The zero-order chi connectivity index (χ0) is 11.9. The van der Waals surface area contributed by atoms with Crippen LogP contribution in [-0.4, -0.2) is 0 Å². The van der Waals surface area contributed by atoms with Gasteiger partial charge in [-0.1, -0.05) is 52.8 Å². The van der Waals surface area contributed by atoms with E-state index in [1.54, 1.807) is 11.1 Å². The maximum absolute atomic E-state index is 2.46. The summed E-state index contributed by atoms with van der Waals surface area (Å²) in [6.45, 7) is 11.5. The minimum Gasteiger partial charge on any atom is -0.0587 e. The molecule has 0 N–H and O–H groups in total. The smallest absolute Gasteiger partial charge is 0.0129 e. The molecule has 0 atom stereocenters. The molecule has 1 saturated carbocycles. The van der Waals surface area contributed by atoms with Gasteiger partial charge in [-0.3, -0.25) is 0 Å². The maximum atomic E-state index is 2.46. The van der Waals surface area contributed by atoms with E-state index in [1.165, 1.54) is 18.4 Å². The van der Waals surface area contributed by atoms with Gasteiger partial charge in [-0.15, -0.1) is 0 Å². The molecule has 1 aromatic rings. The fourth-order valence-corrected chi connectivity index (χ4v) is 2.41. The minimum atomic E-state index is 0.266. The fourth-order valence-electron chi connectivity index (χ4n) is 2.41. The average Bonchev–Trinajstić information content (AvgIpc) is 2.98. The molecule has 16 heavy (non-hydrogen) atoms. The maximum Gasteiger partial charge on any atom is -0.0129 e. The molecule has 1 aliphatic rings. The van der Waals surface area contributed by atoms with Gasteiger partial charge in [0.15, 0.2) is 0 Å². The van der Waals surface area contributed by atoms with Gasteiger partial charge in [-0.2, -0.15) is 0 Å². The SMILES string of the molecule is CC(C)c1cc(C2CC2)ccc1C(C)(C)C. The first-order chi connectivity index (χ1) is 7.39. The monoisotopic (exact) mass is 216 g/mol. The van der Waals surface area contributed by atoms with Crippen molar-refractivity contribution < 1.29 is 0 Å². The summed E-state index contributed by atoms with van der Waals surface area (Å²) in [5.74, 6) is 1.50. The second kappa shape index (κ2) is 3.91. The average molecular weight is 216 g/mol. The van der Waals surface area contributed by atoms with Crippen LogP contribution in [-0.2, 0) is 5.41 Å². The van der Waals surface area contributed by atoms with Gasteiger partial charge in [0.1, 0.15) is 0 Å². The van der Waals surface area contributed by atoms with E-state index < -0.39 is 0 Å². The van der Waals surface area contributed by atoms with Gasteiger partial charge < -0.3 is 0 Å². The standard InChI is InChI=1S/C16H24/c1-11(2)14-10-13(12-6-7-12)8-9-15(14)16(3,4)5/h8-12H,6-7H2,1-5H3. The van der Waals surface area contributed by atoms with Crippen LogP contribution in [0, 0.1) is 0 Å². The van der Waals surface area contributed by atoms with E-state index in [0.717, 1.165) is 5.92 Å². The van der Waals surface area contributed by atoms with Crippen molar-refractivity contribution in [2.75, 3.05) is 0 Å². The Hall–Kier alpha value is -0.780. The molecular weight excluding hydrogens is 192 g/mol. The van der Waals surface area contributed by atoms with Crippen LogP contribution in [0.3, 0.4) is 0 Å². The lowest BCUT2D eigenvalue weighted by atomic mass is 9.80. The van der Waals surface area contributed by atoms with Crippen molar-refractivity contribution in [1.82, 2.24) is 0 Å². The van der Waals surface area contributed by atoms with Gasteiger partial charge in [0.25, 0.3) is 0 Å². The van der Waals surface area contributed by atoms with Crippen molar-refractivity contribution in [1.29, 1.82) is 0 Å². The molecule has 0 saturated heterocycles. The third-order valence-electron chi connectivity index (χ3n) is 3.55. The highest BCUT2D eigenvalue weighted by Gasteiger charge is 2.26. The lowest BCUT2D eigenvalue weighted by Crippen LogP contribution is -2.15. The Bertz CT molecular complexity index is 376. The molecule has 0 unspecified atom stereocenters. The van der Waals surface area contributed by atoms with Gasteiger partial charge in [0.2, 0.25) is 0 Å². The number of hydrogen-bond acceptors (Lipinski definition) is 0. The van der Waals surface area contributed by atoms with E-state index in [1.807, 2.05) is 0 Å². The van der Waals surface area contributed by atoms with E-state index in [9.17, 15) is 0 Å². The van der Waals surface area contributed by atoms with Crippen LogP contribution in [0.25, 0.3) is 0 Å². The molecule has 1 aliphatic carbocycles. The highest BCUT2D eigenvalue weighted by Crippen LogP contribution is 2.42. The number of benzene rings is 1. The summed E-state index contributed by atoms with van der Waals surface area (Å²) in [7, 11) is 0. The predicted molar refractivity (Wildman–Crippen MR) is 71.2 cm³/mol. The van der Waals surface area contributed by atoms with E-state index in [0.29, 0.717) is 5.92 Å². The summed E-state index contributed by atoms with van der Waals surface area (Å²) in [5, 5.41) is 0. The van der Waals surface area contributed by atoms with E-state index in [2.05, 4.69) is 52.8 Å². The van der Waals surface area contributed by atoms with Crippen molar-refractivity contribution in [2.45, 2.75) is 64.7 Å². The molecule has 0 heterocycles. The minimum absolute atomic E-state index is 0.266. The third kappa shape index (κ3) is 2.31. The van der Waals surface area contributed by atoms with Crippen LogP contribution in [0.4, 0.5) is 0 Å². The Morgan fingerprint density at radius 2 is 1.75 bits per heavy atom. The number of hydrogen-bond donors (Lipinski definition) is 0. The molecule has 0 bridgehead atoms. The number of rotatable bonds is 2. The van der Waals surface area contributed by atoms with Crippen LogP contribution < -0.4 is 0 Å². The lowest BCUT2D eigenvalue weighted by Gasteiger charge is -2.25. The zero-order valence-corrected chi connectivity index (χ0v) is 11.3. The first kappa shape index (κ1) is 11.7. The van der Waals surface area contributed by atoms with Crippen LogP contribution in [0.15, 0.2) is 18.2 Å². The molecule has 0 heteroatoms. The van der Waals surface area contributed by atoms with Crippen molar-refractivity contribution in [3.63, 3.8) is 0 Å². The van der Waals surface area contributed by atoms with E-state index >= 15 is 0 Å². The molecule has 0 amide bonds. The predicted octanol–water partition coefficient (Wildman–Crippen LogP) is 4.98. The zero-order valence-electron chi connectivity index (χ0n) is 11.3. The Kier molecular flexibility index (Phi) is 2.86.